The molecule has 14 heteroatoms. The highest BCUT2D eigenvalue weighted by molar-refractivity contribution is 6.74. The van der Waals surface area contributed by atoms with Gasteiger partial charge in [0, 0.05) is 37.0 Å². The van der Waals surface area contributed by atoms with Crippen LogP contribution in [0.1, 0.15) is 93.9 Å². The normalized spacial score (nSPS) is 30.1. The summed E-state index contributed by atoms with van der Waals surface area (Å²) >= 11 is 6.23. The number of aliphatic hydroxyl groups excluding tert-OH is 2. The number of allylic oxidation sites excluding steroid dienone is 2. The van der Waals surface area contributed by atoms with E-state index in [1.165, 1.54) is 0 Å². The Morgan fingerprint density at radius 2 is 1.49 bits per heavy atom. The molecule has 2 aliphatic rings. The van der Waals surface area contributed by atoms with Gasteiger partial charge in [-0.2, -0.15) is 0 Å². The minimum atomic E-state index is -2.40. The maximum absolute atomic E-state index is 12.5. The second-order valence-electron chi connectivity index (χ2n) is 21.1. The van der Waals surface area contributed by atoms with E-state index < -0.39 is 69.6 Å². The Bertz CT molecular complexity index is 1330. The molecule has 2 rings (SSSR count). The Morgan fingerprint density at radius 3 is 1.97 bits per heavy atom. The van der Waals surface area contributed by atoms with Gasteiger partial charge < -0.3 is 42.1 Å². The van der Waals surface area contributed by atoms with Gasteiger partial charge in [0.1, 0.15) is 12.2 Å². The lowest BCUT2D eigenvalue weighted by molar-refractivity contribution is -0.353. The SMILES string of the molecule is C=C(Cl)/C=C/[C@H](CC(=C)C[C@H]1O[C@@H]([C@H](O[Si](C)(C)C)[C@@]2(OC)C[C@H](O[Si](C)(C)C)[C@@H](C)[C@@H](CCCCO)O2)[C@H](C)[C@@H](O[Si](C)(C)C(C)(C)C)[C@@H]1O)O[Si](CC)(CC)CC. The van der Waals surface area contributed by atoms with E-state index in [4.69, 9.17) is 43.5 Å². The average molecular weight is 922 g/mol. The van der Waals surface area contributed by atoms with Crippen LogP contribution in [0.3, 0.4) is 0 Å². The Morgan fingerprint density at radius 1 is 0.898 bits per heavy atom. The summed E-state index contributed by atoms with van der Waals surface area (Å²) in [7, 11) is -7.00. The van der Waals surface area contributed by atoms with Gasteiger partial charge in [-0.25, -0.2) is 0 Å². The highest BCUT2D eigenvalue weighted by atomic mass is 35.5. The minimum absolute atomic E-state index is 0.0926. The predicted molar refractivity (Wildman–Crippen MR) is 256 cm³/mol. The first-order chi connectivity index (χ1) is 27.0. The average Bonchev–Trinajstić information content (AvgIpc) is 3.11. The van der Waals surface area contributed by atoms with Gasteiger partial charge in [0.25, 0.3) is 0 Å². The van der Waals surface area contributed by atoms with Gasteiger partial charge >= 0.3 is 0 Å². The Hall–Kier alpha value is 0.0175. The molecule has 346 valence electrons. The molecule has 2 aliphatic heterocycles. The third-order valence-corrected chi connectivity index (χ3v) is 24.3. The maximum atomic E-state index is 12.5. The zero-order chi connectivity index (χ0) is 45.4. The predicted octanol–water partition coefficient (Wildman–Crippen LogP) is 11.5. The smallest absolute Gasteiger partial charge is 0.198 e. The number of methoxy groups -OCH3 is 1. The van der Waals surface area contributed by atoms with Gasteiger partial charge in [-0.05, 0) is 114 Å². The van der Waals surface area contributed by atoms with Crippen molar-refractivity contribution in [2.75, 3.05) is 13.7 Å². The van der Waals surface area contributed by atoms with Crippen LogP contribution in [0.5, 0.6) is 0 Å². The van der Waals surface area contributed by atoms with Gasteiger partial charge in [-0.15, -0.1) is 0 Å². The third-order valence-electron chi connectivity index (χ3n) is 13.1. The highest BCUT2D eigenvalue weighted by Crippen LogP contribution is 2.48. The van der Waals surface area contributed by atoms with Crippen LogP contribution in [-0.2, 0) is 31.9 Å². The lowest BCUT2D eigenvalue weighted by Crippen LogP contribution is -2.69. The molecular weight excluding hydrogens is 832 g/mol. The zero-order valence-corrected chi connectivity index (χ0v) is 45.3. The molecule has 0 aromatic rings. The minimum Gasteiger partial charge on any atom is -0.414 e. The molecule has 2 heterocycles. The van der Waals surface area contributed by atoms with Crippen LogP contribution in [0.15, 0.2) is 35.9 Å². The summed E-state index contributed by atoms with van der Waals surface area (Å²) in [5.41, 5.74) is 0.911. The largest absolute Gasteiger partial charge is 0.414 e. The number of hydrogen-bond donors (Lipinski definition) is 2. The monoisotopic (exact) mass is 921 g/mol. The van der Waals surface area contributed by atoms with E-state index in [1.807, 2.05) is 12.2 Å². The van der Waals surface area contributed by atoms with E-state index in [-0.39, 0.29) is 41.8 Å². The fraction of sp³-hybridized carbons (Fsp3) is 0.867. The second kappa shape index (κ2) is 22.8. The molecule has 0 unspecified atom stereocenters. The standard InChI is InChI=1S/C45H89ClO9Si4/c1-20-59(21-2,22-3)52-36(27-26-33(5)46)29-32(4)30-38-40(48)41(54-58(18,19)44(8,9)10)35(7)42(50-38)43(55-57(15,16)17)45(49-11)31-39(53-56(12,13)14)34(6)37(51-45)25-23-24-28-47/h26-27,34-43,47-48H,4-5,20-25,28-31H2,1-3,6-19H3/b27-26+/t34-,35+,36+,37+,38+,39-,40+,41+,42+,43-,45+/m0/s1. The topological polar surface area (TPSA) is 105 Å². The highest BCUT2D eigenvalue weighted by Gasteiger charge is 2.60. The molecule has 0 radical (unpaired) electrons. The van der Waals surface area contributed by atoms with Crippen LogP contribution >= 0.6 is 11.6 Å². The lowest BCUT2D eigenvalue weighted by Gasteiger charge is -2.56. The molecule has 0 aromatic heterocycles. The fourth-order valence-corrected chi connectivity index (χ4v) is 14.9. The van der Waals surface area contributed by atoms with Crippen LogP contribution in [0.2, 0.25) is 75.5 Å². The van der Waals surface area contributed by atoms with Crippen LogP contribution in [0, 0.1) is 11.8 Å². The van der Waals surface area contributed by atoms with E-state index in [0.29, 0.717) is 30.7 Å². The van der Waals surface area contributed by atoms with Crippen molar-refractivity contribution < 1.29 is 42.1 Å². The van der Waals surface area contributed by atoms with Crippen molar-refractivity contribution in [1.82, 2.24) is 0 Å². The van der Waals surface area contributed by atoms with Crippen LogP contribution in [-0.4, -0.2) is 112 Å². The number of rotatable bonds is 24. The van der Waals surface area contributed by atoms with Gasteiger partial charge in [0.15, 0.2) is 39.1 Å². The van der Waals surface area contributed by atoms with Gasteiger partial charge in [-0.1, -0.05) is 91.8 Å². The van der Waals surface area contributed by atoms with Crippen LogP contribution in [0.4, 0.5) is 0 Å². The molecule has 9 nitrogen and oxygen atoms in total. The molecule has 59 heavy (non-hydrogen) atoms. The Balaban J connectivity index is 2.77. The molecule has 0 spiro atoms. The maximum Gasteiger partial charge on any atom is 0.198 e. The summed E-state index contributed by atoms with van der Waals surface area (Å²) in [5, 5.41) is 22.5. The summed E-state index contributed by atoms with van der Waals surface area (Å²) in [6, 6.07) is 3.05. The van der Waals surface area contributed by atoms with Crippen LogP contribution < -0.4 is 0 Å². The Labute approximate surface area is 370 Å². The molecule has 2 saturated heterocycles. The number of hydrogen-bond acceptors (Lipinski definition) is 9. The Kier molecular flexibility index (Phi) is 21.3. The van der Waals surface area contributed by atoms with E-state index >= 15 is 0 Å². The summed E-state index contributed by atoms with van der Waals surface area (Å²) in [6.07, 6.45) is 3.61. The molecule has 0 aliphatic carbocycles. The van der Waals surface area contributed by atoms with Crippen molar-refractivity contribution in [1.29, 1.82) is 0 Å². The number of halogens is 1. The first-order valence-electron chi connectivity index (χ1n) is 22.6. The van der Waals surface area contributed by atoms with Gasteiger partial charge in [0.2, 0.25) is 0 Å². The molecule has 0 saturated carbocycles. The van der Waals surface area contributed by atoms with Crippen molar-refractivity contribution in [3.05, 3.63) is 35.9 Å². The molecular formula is C45H89ClO9Si4. The van der Waals surface area contributed by atoms with E-state index in [1.54, 1.807) is 7.11 Å². The molecule has 0 amide bonds. The summed E-state index contributed by atoms with van der Waals surface area (Å²) in [4.78, 5) is 0. The van der Waals surface area contributed by atoms with Gasteiger partial charge in [-0.3, -0.25) is 0 Å². The van der Waals surface area contributed by atoms with Crippen molar-refractivity contribution in [2.45, 2.75) is 224 Å². The number of aliphatic hydroxyl groups is 2. The zero-order valence-electron chi connectivity index (χ0n) is 40.5. The second-order valence-corrected chi connectivity index (χ2v) is 40.0. The lowest BCUT2D eigenvalue weighted by atomic mass is 9.78. The van der Waals surface area contributed by atoms with E-state index in [2.05, 4.69) is 121 Å². The van der Waals surface area contributed by atoms with E-state index in [9.17, 15) is 10.2 Å². The molecule has 0 aromatic carbocycles. The summed E-state index contributed by atoms with van der Waals surface area (Å²) < 4.78 is 49.7. The molecule has 11 atom stereocenters. The first-order valence-corrected chi connectivity index (χ1v) is 35.2. The van der Waals surface area contributed by atoms with E-state index in [0.717, 1.165) is 36.5 Å². The molecule has 2 fully saturated rings. The molecule has 0 bridgehead atoms. The summed E-state index contributed by atoms with van der Waals surface area (Å²) in [6.45, 7) is 44.0. The fourth-order valence-electron chi connectivity index (χ4n) is 8.38. The third kappa shape index (κ3) is 15.9. The quantitative estimate of drug-likeness (QED) is 0.0424. The van der Waals surface area contributed by atoms with Gasteiger partial charge in [0.05, 0.1) is 36.6 Å². The van der Waals surface area contributed by atoms with Crippen LogP contribution in [0.25, 0.3) is 0 Å². The number of unbranched alkanes of at least 4 members (excludes halogenated alkanes) is 1. The first kappa shape index (κ1) is 55.1. The summed E-state index contributed by atoms with van der Waals surface area (Å²) in [5.74, 6) is -1.40. The van der Waals surface area contributed by atoms with Crippen molar-refractivity contribution in [3.8, 4) is 0 Å². The van der Waals surface area contributed by atoms with Crippen molar-refractivity contribution in [2.24, 2.45) is 11.8 Å². The number of ether oxygens (including phenoxy) is 3. The van der Waals surface area contributed by atoms with Crippen molar-refractivity contribution in [3.63, 3.8) is 0 Å². The van der Waals surface area contributed by atoms with Crippen molar-refractivity contribution >= 4 is 44.9 Å². The molecule has 2 N–H and O–H groups in total.